The molecule has 0 bridgehead atoms. The van der Waals surface area contributed by atoms with E-state index in [-0.39, 0.29) is 23.8 Å². The van der Waals surface area contributed by atoms with Gasteiger partial charge in [-0.1, -0.05) is 52.3 Å². The Morgan fingerprint density at radius 2 is 1.92 bits per heavy atom. The molecule has 13 nitrogen and oxygen atoms in total. The van der Waals surface area contributed by atoms with Crippen molar-refractivity contribution in [3.8, 4) is 11.1 Å². The molecule has 1 amide bonds. The molecule has 3 N–H and O–H groups in total. The van der Waals surface area contributed by atoms with Crippen molar-refractivity contribution in [2.75, 3.05) is 6.54 Å². The number of carbonyl (C=O) groups is 2. The van der Waals surface area contributed by atoms with Crippen molar-refractivity contribution >= 4 is 35.1 Å². The standard InChI is InChI=1S/C24H21Cl2N5O8/c1-13-21(39-24(35)38-13)12-37-23(34)20(32)11-30(28-22(33)19-10-31(36)29-27-19)9-14-2-4-15(5-3-14)17-8-16(25)6-7-18(17)26/h2-8,10,20,32,36H,9,11-12H2,1H3,(H,28,33). The highest BCUT2D eigenvalue weighted by Gasteiger charge is 2.24. The zero-order chi connectivity index (χ0) is 28.1. The van der Waals surface area contributed by atoms with Gasteiger partial charge >= 0.3 is 11.8 Å². The Bertz CT molecular complexity index is 1530. The molecule has 0 aliphatic carbocycles. The number of carbonyl (C=O) groups excluding carboxylic acids is 2. The van der Waals surface area contributed by atoms with Gasteiger partial charge in [-0.05, 0) is 41.5 Å². The Balaban J connectivity index is 1.47. The van der Waals surface area contributed by atoms with Crippen LogP contribution >= 0.6 is 23.2 Å². The third kappa shape index (κ3) is 7.23. The summed E-state index contributed by atoms with van der Waals surface area (Å²) in [5, 5.41) is 28.9. The molecular formula is C24H21Cl2N5O8. The van der Waals surface area contributed by atoms with E-state index in [9.17, 15) is 24.7 Å². The molecule has 2 aromatic carbocycles. The molecule has 0 saturated heterocycles. The van der Waals surface area contributed by atoms with Crippen molar-refractivity contribution in [2.45, 2.75) is 26.2 Å². The molecule has 15 heteroatoms. The minimum Gasteiger partial charge on any atom is -0.455 e. The highest BCUT2D eigenvalue weighted by molar-refractivity contribution is 6.35. The van der Waals surface area contributed by atoms with Gasteiger partial charge in [0, 0.05) is 22.2 Å². The van der Waals surface area contributed by atoms with E-state index >= 15 is 0 Å². The Morgan fingerprint density at radius 3 is 2.56 bits per heavy atom. The van der Waals surface area contributed by atoms with Crippen LogP contribution in [0, 0.1) is 6.92 Å². The molecule has 0 fully saturated rings. The number of hydrogen-bond acceptors (Lipinski definition) is 11. The maximum absolute atomic E-state index is 12.6. The summed E-state index contributed by atoms with van der Waals surface area (Å²) in [7, 11) is 0. The van der Waals surface area contributed by atoms with Gasteiger partial charge in [0.2, 0.25) is 0 Å². The van der Waals surface area contributed by atoms with Crippen LogP contribution in [0.2, 0.25) is 10.0 Å². The first-order chi connectivity index (χ1) is 18.6. The lowest BCUT2D eigenvalue weighted by Gasteiger charge is -2.24. The topological polar surface area (TPSA) is 173 Å². The van der Waals surface area contributed by atoms with Crippen LogP contribution in [-0.4, -0.2) is 55.0 Å². The smallest absolute Gasteiger partial charge is 0.455 e. The Hall–Kier alpha value is -4.17. The molecule has 4 rings (SSSR count). The Kier molecular flexibility index (Phi) is 8.66. The number of hydrazine groups is 1. The van der Waals surface area contributed by atoms with E-state index < -0.39 is 37.0 Å². The lowest BCUT2D eigenvalue weighted by Crippen LogP contribution is -2.47. The molecule has 0 aliphatic rings. The molecule has 1 unspecified atom stereocenters. The van der Waals surface area contributed by atoms with Crippen LogP contribution in [-0.2, 0) is 22.7 Å². The van der Waals surface area contributed by atoms with Crippen molar-refractivity contribution in [3.05, 3.63) is 92.1 Å². The fourth-order valence-corrected chi connectivity index (χ4v) is 3.86. The first-order valence-electron chi connectivity index (χ1n) is 11.2. The molecule has 0 radical (unpaired) electrons. The normalized spacial score (nSPS) is 11.9. The molecule has 0 spiro atoms. The largest absolute Gasteiger partial charge is 0.519 e. The van der Waals surface area contributed by atoms with Gasteiger partial charge in [0.25, 0.3) is 5.91 Å². The van der Waals surface area contributed by atoms with Gasteiger partial charge in [0.05, 0.1) is 12.7 Å². The van der Waals surface area contributed by atoms with Gasteiger partial charge < -0.3 is 23.9 Å². The van der Waals surface area contributed by atoms with Crippen molar-refractivity contribution in [3.63, 3.8) is 0 Å². The van der Waals surface area contributed by atoms with Gasteiger partial charge in [-0.3, -0.25) is 10.2 Å². The van der Waals surface area contributed by atoms with Crippen molar-refractivity contribution in [1.82, 2.24) is 25.6 Å². The predicted octanol–water partition coefficient (Wildman–Crippen LogP) is 2.60. The number of aliphatic hydroxyl groups is 1. The monoisotopic (exact) mass is 577 g/mol. The number of amides is 1. The second-order valence-corrected chi connectivity index (χ2v) is 9.07. The maximum atomic E-state index is 12.6. The Labute approximate surface area is 230 Å². The van der Waals surface area contributed by atoms with Crippen molar-refractivity contribution in [2.24, 2.45) is 0 Å². The highest BCUT2D eigenvalue weighted by atomic mass is 35.5. The average molecular weight is 578 g/mol. The second kappa shape index (κ2) is 12.1. The first kappa shape index (κ1) is 27.9. The van der Waals surface area contributed by atoms with Crippen LogP contribution < -0.4 is 11.2 Å². The van der Waals surface area contributed by atoms with E-state index in [4.69, 9.17) is 36.8 Å². The molecule has 0 aliphatic heterocycles. The van der Waals surface area contributed by atoms with Crippen LogP contribution in [0.3, 0.4) is 0 Å². The van der Waals surface area contributed by atoms with E-state index in [2.05, 4.69) is 15.7 Å². The number of aromatic nitrogens is 3. The highest BCUT2D eigenvalue weighted by Crippen LogP contribution is 2.30. The third-order valence-corrected chi connectivity index (χ3v) is 5.95. The number of nitrogens with zero attached hydrogens (tertiary/aromatic N) is 4. The van der Waals surface area contributed by atoms with E-state index in [1.807, 2.05) is 0 Å². The summed E-state index contributed by atoms with van der Waals surface area (Å²) in [5.74, 6) is -2.61. The molecule has 204 valence electrons. The number of ether oxygens (including phenoxy) is 1. The van der Waals surface area contributed by atoms with Crippen LogP contribution in [0.25, 0.3) is 11.1 Å². The second-order valence-electron chi connectivity index (χ2n) is 8.22. The van der Waals surface area contributed by atoms with Crippen molar-refractivity contribution in [1.29, 1.82) is 0 Å². The van der Waals surface area contributed by atoms with E-state index in [0.29, 0.717) is 20.5 Å². The van der Waals surface area contributed by atoms with Gasteiger partial charge in [-0.25, -0.2) is 14.6 Å². The van der Waals surface area contributed by atoms with E-state index in [1.165, 1.54) is 11.9 Å². The molecular weight excluding hydrogens is 557 g/mol. The molecule has 2 heterocycles. The maximum Gasteiger partial charge on any atom is 0.519 e. The molecule has 0 saturated carbocycles. The van der Waals surface area contributed by atoms with Crippen LogP contribution in [0.15, 0.2) is 62.3 Å². The van der Waals surface area contributed by atoms with Gasteiger partial charge in [-0.2, -0.15) is 0 Å². The number of aryl methyl sites for hydroxylation is 1. The number of halogens is 2. The summed E-state index contributed by atoms with van der Waals surface area (Å²) < 4.78 is 14.5. The van der Waals surface area contributed by atoms with Crippen LogP contribution in [0.1, 0.15) is 27.6 Å². The summed E-state index contributed by atoms with van der Waals surface area (Å²) >= 11 is 12.4. The van der Waals surface area contributed by atoms with Gasteiger partial charge in [0.1, 0.15) is 0 Å². The lowest BCUT2D eigenvalue weighted by atomic mass is 10.0. The SMILES string of the molecule is Cc1oc(=O)oc1COC(=O)C(O)CN(Cc1ccc(-c2cc(Cl)ccc2Cl)cc1)NC(=O)c1cn(O)nn1. The zero-order valence-corrected chi connectivity index (χ0v) is 21.7. The summed E-state index contributed by atoms with van der Waals surface area (Å²) in [6.07, 6.45) is -0.731. The number of aliphatic hydroxyl groups excluding tert-OH is 1. The number of rotatable bonds is 10. The van der Waals surface area contributed by atoms with E-state index in [1.54, 1.807) is 42.5 Å². The quantitative estimate of drug-likeness (QED) is 0.143. The zero-order valence-electron chi connectivity index (χ0n) is 20.2. The first-order valence-corrected chi connectivity index (χ1v) is 12.0. The average Bonchev–Trinajstić information content (AvgIpc) is 3.48. The minimum atomic E-state index is -1.71. The summed E-state index contributed by atoms with van der Waals surface area (Å²) in [6.45, 7) is 0.666. The summed E-state index contributed by atoms with van der Waals surface area (Å²) in [4.78, 5) is 36.5. The molecule has 4 aromatic rings. The summed E-state index contributed by atoms with van der Waals surface area (Å²) in [6, 6.07) is 12.2. The van der Waals surface area contributed by atoms with Gasteiger partial charge in [0.15, 0.2) is 29.9 Å². The number of benzene rings is 2. The fourth-order valence-electron chi connectivity index (χ4n) is 3.46. The molecule has 39 heavy (non-hydrogen) atoms. The molecule has 2 aromatic heterocycles. The summed E-state index contributed by atoms with van der Waals surface area (Å²) in [5.41, 5.74) is 4.53. The van der Waals surface area contributed by atoms with Crippen LogP contribution in [0.4, 0.5) is 0 Å². The molecule has 1 atom stereocenters. The number of hydrogen-bond donors (Lipinski definition) is 3. The third-order valence-electron chi connectivity index (χ3n) is 5.39. The minimum absolute atomic E-state index is 0.00213. The number of nitrogens with one attached hydrogen (secondary N) is 1. The number of esters is 1. The lowest BCUT2D eigenvalue weighted by molar-refractivity contribution is -0.157. The van der Waals surface area contributed by atoms with Crippen LogP contribution in [0.5, 0.6) is 0 Å². The predicted molar refractivity (Wildman–Crippen MR) is 135 cm³/mol. The van der Waals surface area contributed by atoms with Crippen molar-refractivity contribution < 1.29 is 33.5 Å². The fraction of sp³-hybridized carbons (Fsp3) is 0.208. The van der Waals surface area contributed by atoms with E-state index in [0.717, 1.165) is 17.3 Å². The van der Waals surface area contributed by atoms with Gasteiger partial charge in [-0.15, -0.1) is 5.10 Å². The Morgan fingerprint density at radius 1 is 1.18 bits per heavy atom.